The molecule has 1 saturated heterocycles. The quantitative estimate of drug-likeness (QED) is 0.719. The second-order valence-corrected chi connectivity index (χ2v) is 8.22. The number of rotatable bonds is 4. The van der Waals surface area contributed by atoms with Crippen LogP contribution in [-0.4, -0.2) is 61.4 Å². The number of hydrogen-bond acceptors (Lipinski definition) is 5. The monoisotopic (exact) mass is 400 g/mol. The van der Waals surface area contributed by atoms with Crippen LogP contribution in [0.4, 0.5) is 0 Å². The Morgan fingerprint density at radius 3 is 2.86 bits per heavy atom. The van der Waals surface area contributed by atoms with E-state index in [-0.39, 0.29) is 35.1 Å². The van der Waals surface area contributed by atoms with E-state index in [1.807, 2.05) is 15.6 Å². The Kier molecular flexibility index (Phi) is 5.29. The third-order valence-corrected chi connectivity index (χ3v) is 6.17. The molecule has 9 nitrogen and oxygen atoms in total. The summed E-state index contributed by atoms with van der Waals surface area (Å²) in [6.07, 6.45) is 4.08. The predicted molar refractivity (Wildman–Crippen MR) is 106 cm³/mol. The van der Waals surface area contributed by atoms with Crippen LogP contribution in [0.15, 0.2) is 6.07 Å². The van der Waals surface area contributed by atoms with E-state index in [9.17, 15) is 14.7 Å². The van der Waals surface area contributed by atoms with Gasteiger partial charge in [-0.25, -0.2) is 0 Å². The number of aromatic amines is 1. The van der Waals surface area contributed by atoms with Crippen LogP contribution in [-0.2, 0) is 13.0 Å². The van der Waals surface area contributed by atoms with Gasteiger partial charge < -0.3 is 15.3 Å². The summed E-state index contributed by atoms with van der Waals surface area (Å²) in [5.41, 5.74) is 2.19. The molecule has 2 aromatic heterocycles. The van der Waals surface area contributed by atoms with Crippen molar-refractivity contribution in [2.45, 2.75) is 46.1 Å². The Hall–Kier alpha value is -2.84. The Bertz CT molecular complexity index is 894. The lowest BCUT2D eigenvalue weighted by Gasteiger charge is -2.36. The number of aryl methyl sites for hydroxylation is 3. The predicted octanol–water partition coefficient (Wildman–Crippen LogP) is 1.48. The van der Waals surface area contributed by atoms with Crippen molar-refractivity contribution < 1.29 is 14.7 Å². The Balaban J connectivity index is 1.32. The fourth-order valence-electron chi connectivity index (χ4n) is 4.26. The van der Waals surface area contributed by atoms with Gasteiger partial charge in [0.15, 0.2) is 17.1 Å². The summed E-state index contributed by atoms with van der Waals surface area (Å²) in [4.78, 5) is 27.0. The molecule has 3 N–H and O–H groups in total. The van der Waals surface area contributed by atoms with E-state index in [1.165, 1.54) is 0 Å². The summed E-state index contributed by atoms with van der Waals surface area (Å²) < 4.78 is 1.97. The van der Waals surface area contributed by atoms with Crippen LogP contribution in [0.25, 0.3) is 0 Å². The van der Waals surface area contributed by atoms with E-state index >= 15 is 0 Å². The number of aromatic nitrogens is 4. The van der Waals surface area contributed by atoms with Crippen molar-refractivity contribution in [3.8, 4) is 5.75 Å². The average molecular weight is 400 g/mol. The Labute approximate surface area is 169 Å². The lowest BCUT2D eigenvalue weighted by atomic mass is 9.86. The van der Waals surface area contributed by atoms with Crippen LogP contribution in [0.3, 0.4) is 0 Å². The van der Waals surface area contributed by atoms with Gasteiger partial charge in [0.2, 0.25) is 0 Å². The normalized spacial score (nSPS) is 21.7. The molecule has 0 bridgehead atoms. The van der Waals surface area contributed by atoms with Crippen LogP contribution < -0.4 is 5.32 Å². The number of nitrogens with one attached hydrogen (secondary N) is 2. The summed E-state index contributed by atoms with van der Waals surface area (Å²) in [5, 5.41) is 23.6. The van der Waals surface area contributed by atoms with Crippen molar-refractivity contribution >= 4 is 11.8 Å². The fraction of sp³-hybridized carbons (Fsp3) is 0.600. The maximum absolute atomic E-state index is 12.9. The van der Waals surface area contributed by atoms with Crippen LogP contribution >= 0.6 is 0 Å². The summed E-state index contributed by atoms with van der Waals surface area (Å²) in [6.45, 7) is 6.43. The molecule has 2 aromatic rings. The molecule has 1 fully saturated rings. The third-order valence-electron chi connectivity index (χ3n) is 6.17. The van der Waals surface area contributed by atoms with Crippen LogP contribution in [0.1, 0.15) is 58.6 Å². The number of aromatic hydroxyl groups is 1. The minimum Gasteiger partial charge on any atom is -0.504 e. The fourth-order valence-corrected chi connectivity index (χ4v) is 4.26. The number of nitrogens with zero attached hydrogens (tertiary/aromatic N) is 4. The molecule has 0 spiro atoms. The first-order valence-electron chi connectivity index (χ1n) is 10.3. The highest BCUT2D eigenvalue weighted by Crippen LogP contribution is 2.25. The van der Waals surface area contributed by atoms with E-state index in [2.05, 4.69) is 27.5 Å². The summed E-state index contributed by atoms with van der Waals surface area (Å²) in [6, 6.07) is 1.94. The second kappa shape index (κ2) is 7.88. The molecule has 0 saturated carbocycles. The van der Waals surface area contributed by atoms with Gasteiger partial charge in [0.1, 0.15) is 5.69 Å². The summed E-state index contributed by atoms with van der Waals surface area (Å²) in [7, 11) is 0. The van der Waals surface area contributed by atoms with Crippen LogP contribution in [0.2, 0.25) is 0 Å². The standard InChI is InChI=1S/C20H28N6O3/c1-12-11-25(20(29)16-9-15-5-3-4-7-26(15)24-16)8-6-14(12)10-21-19(28)17-18(27)13(2)22-23-17/h9,12,14,27H,3-8,10-11H2,1-2H3,(H,21,28)(H,22,23). The van der Waals surface area contributed by atoms with Crippen LogP contribution in [0.5, 0.6) is 5.75 Å². The highest BCUT2D eigenvalue weighted by Gasteiger charge is 2.31. The van der Waals surface area contributed by atoms with Crippen molar-refractivity contribution in [3.05, 3.63) is 28.8 Å². The molecule has 2 aliphatic heterocycles. The van der Waals surface area contributed by atoms with Crippen LogP contribution in [0, 0.1) is 18.8 Å². The first-order chi connectivity index (χ1) is 13.9. The molecule has 4 rings (SSSR count). The van der Waals surface area contributed by atoms with Crippen molar-refractivity contribution in [2.24, 2.45) is 11.8 Å². The van der Waals surface area contributed by atoms with Gasteiger partial charge in [-0.2, -0.15) is 10.2 Å². The number of carbonyl (C=O) groups is 2. The SMILES string of the molecule is Cc1n[nH]c(C(=O)NCC2CCN(C(=O)c3cc4n(n3)CCCC4)CC2C)c1O. The van der Waals surface area contributed by atoms with E-state index < -0.39 is 0 Å². The highest BCUT2D eigenvalue weighted by molar-refractivity contribution is 5.95. The Morgan fingerprint density at radius 1 is 1.34 bits per heavy atom. The van der Waals surface area contributed by atoms with Crippen molar-refractivity contribution in [2.75, 3.05) is 19.6 Å². The molecule has 0 aliphatic carbocycles. The molecule has 2 aliphatic rings. The number of H-pyrrole nitrogens is 1. The first kappa shape index (κ1) is 19.5. The smallest absolute Gasteiger partial charge is 0.274 e. The molecule has 156 valence electrons. The van der Waals surface area contributed by atoms with Gasteiger partial charge in [-0.05, 0) is 50.5 Å². The maximum atomic E-state index is 12.9. The molecule has 29 heavy (non-hydrogen) atoms. The minimum atomic E-state index is -0.364. The van der Waals surface area contributed by atoms with Crippen molar-refractivity contribution in [3.63, 3.8) is 0 Å². The van der Waals surface area contributed by atoms with Gasteiger partial charge in [0.25, 0.3) is 11.8 Å². The van der Waals surface area contributed by atoms with E-state index in [1.54, 1.807) is 6.92 Å². The molecule has 4 heterocycles. The van der Waals surface area contributed by atoms with Crippen molar-refractivity contribution in [1.29, 1.82) is 0 Å². The largest absolute Gasteiger partial charge is 0.504 e. The number of carbonyl (C=O) groups excluding carboxylic acids is 2. The van der Waals surface area contributed by atoms with E-state index in [4.69, 9.17) is 0 Å². The van der Waals surface area contributed by atoms with Gasteiger partial charge in [0, 0.05) is 31.9 Å². The number of hydrogen-bond donors (Lipinski definition) is 3. The van der Waals surface area contributed by atoms with Gasteiger partial charge in [0.05, 0.1) is 0 Å². The number of amides is 2. The lowest BCUT2D eigenvalue weighted by Crippen LogP contribution is -2.46. The average Bonchev–Trinajstić information content (AvgIpc) is 3.30. The summed E-state index contributed by atoms with van der Waals surface area (Å²) in [5.74, 6) is 0.0434. The van der Waals surface area contributed by atoms with E-state index in [0.717, 1.165) is 37.9 Å². The number of likely N-dealkylation sites (tertiary alicyclic amines) is 1. The molecule has 0 aromatic carbocycles. The zero-order chi connectivity index (χ0) is 20.5. The Morgan fingerprint density at radius 2 is 2.17 bits per heavy atom. The maximum Gasteiger partial charge on any atom is 0.274 e. The minimum absolute atomic E-state index is 0.000840. The zero-order valence-electron chi connectivity index (χ0n) is 16.9. The number of piperidine rings is 1. The van der Waals surface area contributed by atoms with Gasteiger partial charge in [-0.3, -0.25) is 19.4 Å². The zero-order valence-corrected chi connectivity index (χ0v) is 16.9. The molecule has 9 heteroatoms. The topological polar surface area (TPSA) is 116 Å². The molecule has 2 atom stereocenters. The van der Waals surface area contributed by atoms with Crippen molar-refractivity contribution in [1.82, 2.24) is 30.2 Å². The third kappa shape index (κ3) is 3.86. The summed E-state index contributed by atoms with van der Waals surface area (Å²) >= 11 is 0. The van der Waals surface area contributed by atoms with Gasteiger partial charge in [-0.15, -0.1) is 0 Å². The lowest BCUT2D eigenvalue weighted by molar-refractivity contribution is 0.0598. The molecule has 0 radical (unpaired) electrons. The molecule has 2 unspecified atom stereocenters. The highest BCUT2D eigenvalue weighted by atomic mass is 16.3. The first-order valence-corrected chi connectivity index (χ1v) is 10.3. The van der Waals surface area contributed by atoms with Gasteiger partial charge >= 0.3 is 0 Å². The number of fused-ring (bicyclic) bond motifs is 1. The molecule has 2 amide bonds. The molecular weight excluding hydrogens is 372 g/mol. The van der Waals surface area contributed by atoms with Gasteiger partial charge in [-0.1, -0.05) is 6.92 Å². The molecular formula is C20H28N6O3. The van der Waals surface area contributed by atoms with E-state index in [0.29, 0.717) is 31.0 Å². The second-order valence-electron chi connectivity index (χ2n) is 8.22.